The Bertz CT molecular complexity index is 686. The van der Waals surface area contributed by atoms with Crippen LogP contribution < -0.4 is 16.0 Å². The first-order valence-corrected chi connectivity index (χ1v) is 7.12. The number of carbonyl (C=O) groups excluding carboxylic acids is 1. The fraction of sp³-hybridized carbons (Fsp3) is 0.267. The van der Waals surface area contributed by atoms with Crippen molar-refractivity contribution in [3.63, 3.8) is 0 Å². The number of para-hydroxylation sites is 1. The normalized spacial score (nSPS) is 10.4. The van der Waals surface area contributed by atoms with E-state index in [2.05, 4.69) is 10.3 Å². The molecule has 0 fully saturated rings. The maximum Gasteiger partial charge on any atom is 0.239 e. The fourth-order valence-electron chi connectivity index (χ4n) is 2.12. The second-order valence-electron chi connectivity index (χ2n) is 4.60. The molecule has 0 unspecified atom stereocenters. The monoisotopic (exact) mass is 302 g/mol. The van der Waals surface area contributed by atoms with E-state index in [-0.39, 0.29) is 17.4 Å². The molecule has 2 rings (SSSR count). The van der Waals surface area contributed by atoms with Crippen molar-refractivity contribution in [1.82, 2.24) is 10.3 Å². The quantitative estimate of drug-likeness (QED) is 0.818. The van der Waals surface area contributed by atoms with Crippen LogP contribution in [0.15, 0.2) is 30.3 Å². The third-order valence-electron chi connectivity index (χ3n) is 3.26. The van der Waals surface area contributed by atoms with Gasteiger partial charge >= 0.3 is 0 Å². The molecule has 3 N–H and O–H groups in total. The summed E-state index contributed by atoms with van der Waals surface area (Å²) in [4.78, 5) is 18.4. The molecular weight excluding hydrogens is 284 g/mol. The van der Waals surface area contributed by atoms with Gasteiger partial charge in [-0.3, -0.25) is 4.79 Å². The first kappa shape index (κ1) is 15.2. The van der Waals surface area contributed by atoms with Crippen LogP contribution in [0.4, 0.5) is 5.82 Å². The lowest BCUT2D eigenvalue weighted by Gasteiger charge is -2.23. The molecule has 6 heteroatoms. The number of pyridine rings is 1. The Kier molecular flexibility index (Phi) is 4.70. The molecule has 0 aliphatic carbocycles. The van der Waals surface area contributed by atoms with Gasteiger partial charge in [-0.05, 0) is 19.1 Å². The second-order valence-corrected chi connectivity index (χ2v) is 5.04. The highest BCUT2D eigenvalue weighted by atomic mass is 32.1. The lowest BCUT2D eigenvalue weighted by molar-refractivity contribution is -0.119. The number of rotatable bonds is 5. The summed E-state index contributed by atoms with van der Waals surface area (Å²) in [6.07, 6.45) is 0. The third-order valence-corrected chi connectivity index (χ3v) is 3.48. The third kappa shape index (κ3) is 3.28. The number of benzene rings is 1. The summed E-state index contributed by atoms with van der Waals surface area (Å²) in [6.45, 7) is 2.81. The summed E-state index contributed by atoms with van der Waals surface area (Å²) in [7, 11) is 1.61. The van der Waals surface area contributed by atoms with Gasteiger partial charge in [-0.2, -0.15) is 0 Å². The molecule has 0 spiro atoms. The Morgan fingerprint density at radius 2 is 2.14 bits per heavy atom. The van der Waals surface area contributed by atoms with E-state index in [1.807, 2.05) is 42.2 Å². The van der Waals surface area contributed by atoms with Crippen molar-refractivity contribution >= 4 is 39.8 Å². The maximum absolute atomic E-state index is 11.7. The minimum absolute atomic E-state index is 0.0827. The van der Waals surface area contributed by atoms with Crippen molar-refractivity contribution < 1.29 is 4.79 Å². The second kappa shape index (κ2) is 6.49. The fourth-order valence-corrected chi connectivity index (χ4v) is 2.27. The van der Waals surface area contributed by atoms with Gasteiger partial charge in [-0.25, -0.2) is 4.98 Å². The van der Waals surface area contributed by atoms with Crippen molar-refractivity contribution in [3.8, 4) is 0 Å². The number of fused-ring (bicyclic) bond motifs is 1. The van der Waals surface area contributed by atoms with Crippen LogP contribution in [-0.4, -0.2) is 36.0 Å². The molecule has 1 aromatic carbocycles. The van der Waals surface area contributed by atoms with Crippen LogP contribution in [-0.2, 0) is 4.79 Å². The Morgan fingerprint density at radius 1 is 1.43 bits per heavy atom. The molecule has 0 atom stereocenters. The molecule has 0 aliphatic heterocycles. The van der Waals surface area contributed by atoms with E-state index in [0.717, 1.165) is 10.9 Å². The number of amides is 1. The molecule has 1 aromatic heterocycles. The van der Waals surface area contributed by atoms with Gasteiger partial charge in [0.2, 0.25) is 5.91 Å². The minimum atomic E-state index is -0.0827. The summed E-state index contributed by atoms with van der Waals surface area (Å²) >= 11 is 5.13. The van der Waals surface area contributed by atoms with E-state index in [0.29, 0.717) is 17.9 Å². The molecule has 21 heavy (non-hydrogen) atoms. The Morgan fingerprint density at radius 3 is 2.76 bits per heavy atom. The Hall–Kier alpha value is -2.21. The van der Waals surface area contributed by atoms with E-state index in [1.54, 1.807) is 7.05 Å². The zero-order valence-corrected chi connectivity index (χ0v) is 12.9. The first-order chi connectivity index (χ1) is 10.1. The van der Waals surface area contributed by atoms with Crippen LogP contribution in [0.3, 0.4) is 0 Å². The van der Waals surface area contributed by atoms with Crippen molar-refractivity contribution in [2.75, 3.05) is 25.0 Å². The predicted molar refractivity (Wildman–Crippen MR) is 89.6 cm³/mol. The molecule has 0 saturated carbocycles. The van der Waals surface area contributed by atoms with Crippen LogP contribution in [0, 0.1) is 0 Å². The number of anilines is 1. The topological polar surface area (TPSA) is 71.2 Å². The molecular formula is C15H18N4OS. The smallest absolute Gasteiger partial charge is 0.239 e. The van der Waals surface area contributed by atoms with Crippen molar-refractivity contribution in [3.05, 3.63) is 35.9 Å². The molecule has 0 aliphatic rings. The van der Waals surface area contributed by atoms with Gasteiger partial charge in [-0.1, -0.05) is 30.4 Å². The zero-order valence-electron chi connectivity index (χ0n) is 12.1. The number of thiocarbonyl (C=S) groups is 1. The number of nitrogens with two attached hydrogens (primary N) is 1. The van der Waals surface area contributed by atoms with Crippen molar-refractivity contribution in [2.45, 2.75) is 6.92 Å². The van der Waals surface area contributed by atoms with Gasteiger partial charge in [0.15, 0.2) is 0 Å². The number of likely N-dealkylation sites (N-methyl/N-ethyl adjacent to an activating group) is 2. The number of nitrogens with zero attached hydrogens (tertiary/aromatic N) is 2. The number of hydrogen-bond acceptors (Lipinski definition) is 4. The lowest BCUT2D eigenvalue weighted by Crippen LogP contribution is -2.37. The van der Waals surface area contributed by atoms with Gasteiger partial charge < -0.3 is 16.0 Å². The SMILES string of the molecule is CCN(CC(=O)NC)c1nc2ccccc2cc1C(N)=S. The highest BCUT2D eigenvalue weighted by molar-refractivity contribution is 7.80. The first-order valence-electron chi connectivity index (χ1n) is 6.72. The average Bonchev–Trinajstić information content (AvgIpc) is 2.50. The highest BCUT2D eigenvalue weighted by Crippen LogP contribution is 2.23. The van der Waals surface area contributed by atoms with E-state index in [9.17, 15) is 4.79 Å². The van der Waals surface area contributed by atoms with Gasteiger partial charge in [0, 0.05) is 19.0 Å². The predicted octanol–water partition coefficient (Wildman–Crippen LogP) is 1.44. The number of nitrogens with one attached hydrogen (secondary N) is 1. The maximum atomic E-state index is 11.7. The van der Waals surface area contributed by atoms with Crippen LogP contribution in [0.25, 0.3) is 10.9 Å². The van der Waals surface area contributed by atoms with Gasteiger partial charge in [-0.15, -0.1) is 0 Å². The summed E-state index contributed by atoms with van der Waals surface area (Å²) in [6, 6.07) is 9.68. The number of hydrogen-bond donors (Lipinski definition) is 2. The van der Waals surface area contributed by atoms with Crippen molar-refractivity contribution in [2.24, 2.45) is 5.73 Å². The van der Waals surface area contributed by atoms with Crippen molar-refractivity contribution in [1.29, 1.82) is 0 Å². The van der Waals surface area contributed by atoms with Gasteiger partial charge in [0.25, 0.3) is 0 Å². The van der Waals surface area contributed by atoms with Gasteiger partial charge in [0.05, 0.1) is 17.6 Å². The molecule has 1 amide bonds. The molecule has 1 heterocycles. The minimum Gasteiger partial charge on any atom is -0.389 e. The summed E-state index contributed by atoms with van der Waals surface area (Å²) in [5, 5.41) is 3.59. The van der Waals surface area contributed by atoms with E-state index < -0.39 is 0 Å². The molecule has 2 aromatic rings. The molecule has 0 radical (unpaired) electrons. The number of aromatic nitrogens is 1. The largest absolute Gasteiger partial charge is 0.389 e. The molecule has 110 valence electrons. The number of carbonyl (C=O) groups is 1. The highest BCUT2D eigenvalue weighted by Gasteiger charge is 2.17. The average molecular weight is 302 g/mol. The zero-order chi connectivity index (χ0) is 15.4. The Balaban J connectivity index is 2.55. The van der Waals surface area contributed by atoms with Gasteiger partial charge in [0.1, 0.15) is 10.8 Å². The summed E-state index contributed by atoms with van der Waals surface area (Å²) in [5.74, 6) is 0.563. The van der Waals surface area contributed by atoms with E-state index in [1.165, 1.54) is 0 Å². The van der Waals surface area contributed by atoms with Crippen LogP contribution in [0.5, 0.6) is 0 Å². The van der Waals surface area contributed by atoms with E-state index >= 15 is 0 Å². The standard InChI is InChI=1S/C15H18N4OS/c1-3-19(9-13(20)17-2)15-11(14(16)21)8-10-6-4-5-7-12(10)18-15/h4-8H,3,9H2,1-2H3,(H2,16,21)(H,17,20). The molecule has 5 nitrogen and oxygen atoms in total. The summed E-state index contributed by atoms with van der Waals surface area (Å²) in [5.41, 5.74) is 7.36. The van der Waals surface area contributed by atoms with Crippen LogP contribution >= 0.6 is 12.2 Å². The van der Waals surface area contributed by atoms with Crippen LogP contribution in [0.2, 0.25) is 0 Å². The summed E-state index contributed by atoms with van der Waals surface area (Å²) < 4.78 is 0. The Labute approximate surface area is 129 Å². The molecule has 0 bridgehead atoms. The van der Waals surface area contributed by atoms with E-state index in [4.69, 9.17) is 18.0 Å². The molecule has 0 saturated heterocycles. The lowest BCUT2D eigenvalue weighted by atomic mass is 10.1. The van der Waals surface area contributed by atoms with Crippen LogP contribution in [0.1, 0.15) is 12.5 Å².